The Bertz CT molecular complexity index is 467. The lowest BCUT2D eigenvalue weighted by atomic mass is 10.4. The first-order valence-corrected chi connectivity index (χ1v) is 6.31. The van der Waals surface area contributed by atoms with Crippen molar-refractivity contribution in [2.45, 2.75) is 19.9 Å². The van der Waals surface area contributed by atoms with Crippen LogP contribution in [0.4, 0.5) is 5.95 Å². The van der Waals surface area contributed by atoms with Crippen LogP contribution in [0.3, 0.4) is 0 Å². The van der Waals surface area contributed by atoms with Crippen molar-refractivity contribution in [3.8, 4) is 5.75 Å². The van der Waals surface area contributed by atoms with Crippen molar-refractivity contribution in [1.82, 2.24) is 9.97 Å². The molecule has 0 unspecified atom stereocenters. The average molecular weight is 249 g/mol. The number of hydrogen-bond donors (Lipinski definition) is 1. The fourth-order valence-electron chi connectivity index (χ4n) is 1.39. The molecule has 0 radical (unpaired) electrons. The number of aryl methyl sites for hydroxylation is 1. The predicted molar refractivity (Wildman–Crippen MR) is 69.6 cm³/mol. The lowest BCUT2D eigenvalue weighted by Gasteiger charge is -2.03. The van der Waals surface area contributed by atoms with E-state index < -0.39 is 0 Å². The van der Waals surface area contributed by atoms with E-state index in [-0.39, 0.29) is 0 Å². The van der Waals surface area contributed by atoms with E-state index >= 15 is 0 Å². The zero-order valence-corrected chi connectivity index (χ0v) is 10.8. The van der Waals surface area contributed by atoms with E-state index in [0.717, 1.165) is 13.0 Å². The van der Waals surface area contributed by atoms with Crippen LogP contribution in [0.25, 0.3) is 0 Å². The van der Waals surface area contributed by atoms with Crippen molar-refractivity contribution in [2.75, 3.05) is 12.4 Å². The van der Waals surface area contributed by atoms with Crippen molar-refractivity contribution in [3.05, 3.63) is 34.3 Å². The second kappa shape index (κ2) is 5.63. The third-order valence-electron chi connectivity index (χ3n) is 2.35. The van der Waals surface area contributed by atoms with Gasteiger partial charge in [-0.05, 0) is 18.6 Å². The van der Waals surface area contributed by atoms with Crippen LogP contribution in [0.2, 0.25) is 0 Å². The van der Waals surface area contributed by atoms with Crippen molar-refractivity contribution in [2.24, 2.45) is 0 Å². The predicted octanol–water partition coefficient (Wildman–Crippen LogP) is 2.72. The maximum absolute atomic E-state index is 5.00. The number of nitrogens with zero attached hydrogens (tertiary/aromatic N) is 2. The molecule has 0 fully saturated rings. The van der Waals surface area contributed by atoms with Gasteiger partial charge in [0.25, 0.3) is 0 Å². The van der Waals surface area contributed by atoms with Gasteiger partial charge in [0, 0.05) is 9.75 Å². The monoisotopic (exact) mass is 249 g/mol. The van der Waals surface area contributed by atoms with Crippen LogP contribution in [-0.2, 0) is 13.0 Å². The van der Waals surface area contributed by atoms with E-state index in [1.54, 1.807) is 19.5 Å². The minimum absolute atomic E-state index is 0.622. The highest BCUT2D eigenvalue weighted by atomic mass is 32.1. The smallest absolute Gasteiger partial charge is 0.223 e. The van der Waals surface area contributed by atoms with Crippen LogP contribution >= 0.6 is 11.3 Å². The number of hydrogen-bond acceptors (Lipinski definition) is 5. The summed E-state index contributed by atoms with van der Waals surface area (Å²) in [6.45, 7) is 2.92. The number of anilines is 1. The van der Waals surface area contributed by atoms with Gasteiger partial charge < -0.3 is 10.1 Å². The SMILES string of the molecule is CCc1ccc(CNc2ncc(OC)cn2)s1. The minimum atomic E-state index is 0.622. The van der Waals surface area contributed by atoms with Crippen LogP contribution in [-0.4, -0.2) is 17.1 Å². The molecular formula is C12H15N3OS. The molecule has 0 saturated heterocycles. The molecule has 0 amide bonds. The van der Waals surface area contributed by atoms with E-state index in [2.05, 4.69) is 34.3 Å². The van der Waals surface area contributed by atoms with Crippen LogP contribution in [0.1, 0.15) is 16.7 Å². The summed E-state index contributed by atoms with van der Waals surface area (Å²) in [5.41, 5.74) is 0. The number of methoxy groups -OCH3 is 1. The molecule has 5 heteroatoms. The van der Waals surface area contributed by atoms with E-state index in [1.165, 1.54) is 9.75 Å². The van der Waals surface area contributed by atoms with Crippen LogP contribution < -0.4 is 10.1 Å². The number of ether oxygens (including phenoxy) is 1. The molecule has 0 atom stereocenters. The highest BCUT2D eigenvalue weighted by Crippen LogP contribution is 2.17. The van der Waals surface area contributed by atoms with Crippen LogP contribution in [0, 0.1) is 0 Å². The van der Waals surface area contributed by atoms with E-state index in [0.29, 0.717) is 11.7 Å². The quantitative estimate of drug-likeness (QED) is 0.885. The van der Waals surface area contributed by atoms with Gasteiger partial charge in [0.2, 0.25) is 5.95 Å². The second-order valence-corrected chi connectivity index (χ2v) is 4.77. The Morgan fingerprint density at radius 2 is 1.94 bits per heavy atom. The Labute approximate surface area is 105 Å². The highest BCUT2D eigenvalue weighted by Gasteiger charge is 2.00. The molecule has 4 nitrogen and oxygen atoms in total. The molecule has 0 aliphatic heterocycles. The summed E-state index contributed by atoms with van der Waals surface area (Å²) < 4.78 is 5.00. The minimum Gasteiger partial charge on any atom is -0.494 e. The van der Waals surface area contributed by atoms with Gasteiger partial charge in [-0.15, -0.1) is 11.3 Å². The first-order chi connectivity index (χ1) is 8.31. The molecule has 0 spiro atoms. The maximum Gasteiger partial charge on any atom is 0.223 e. The molecule has 0 aromatic carbocycles. The van der Waals surface area contributed by atoms with Crippen LogP contribution in [0.15, 0.2) is 24.5 Å². The Hall–Kier alpha value is -1.62. The highest BCUT2D eigenvalue weighted by molar-refractivity contribution is 7.12. The Balaban J connectivity index is 1.92. The zero-order chi connectivity index (χ0) is 12.1. The normalized spacial score (nSPS) is 10.2. The molecule has 0 saturated carbocycles. The molecule has 1 N–H and O–H groups in total. The molecule has 0 aliphatic carbocycles. The van der Waals surface area contributed by atoms with Gasteiger partial charge in [-0.3, -0.25) is 0 Å². The molecule has 0 aliphatic rings. The largest absolute Gasteiger partial charge is 0.494 e. The van der Waals surface area contributed by atoms with Gasteiger partial charge in [0.05, 0.1) is 26.0 Å². The third-order valence-corrected chi connectivity index (χ3v) is 3.58. The summed E-state index contributed by atoms with van der Waals surface area (Å²) >= 11 is 1.82. The molecule has 0 bridgehead atoms. The number of rotatable bonds is 5. The molecule has 17 heavy (non-hydrogen) atoms. The second-order valence-electron chi connectivity index (χ2n) is 3.52. The van der Waals surface area contributed by atoms with Gasteiger partial charge in [-0.1, -0.05) is 6.92 Å². The molecule has 2 rings (SSSR count). The number of aromatic nitrogens is 2. The summed E-state index contributed by atoms with van der Waals surface area (Å²) in [6, 6.07) is 4.30. The summed E-state index contributed by atoms with van der Waals surface area (Å²) in [4.78, 5) is 11.0. The Morgan fingerprint density at radius 1 is 1.24 bits per heavy atom. The maximum atomic E-state index is 5.00. The fourth-order valence-corrected chi connectivity index (χ4v) is 2.28. The van der Waals surface area contributed by atoms with Gasteiger partial charge >= 0.3 is 0 Å². The van der Waals surface area contributed by atoms with Gasteiger partial charge in [-0.25, -0.2) is 9.97 Å². The van der Waals surface area contributed by atoms with Gasteiger partial charge in [0.15, 0.2) is 5.75 Å². The van der Waals surface area contributed by atoms with Crippen LogP contribution in [0.5, 0.6) is 5.75 Å². The Kier molecular flexibility index (Phi) is 3.93. The lowest BCUT2D eigenvalue weighted by Crippen LogP contribution is -2.02. The number of thiophene rings is 1. The Morgan fingerprint density at radius 3 is 2.53 bits per heavy atom. The van der Waals surface area contributed by atoms with Crippen molar-refractivity contribution in [3.63, 3.8) is 0 Å². The lowest BCUT2D eigenvalue weighted by molar-refractivity contribution is 0.411. The van der Waals surface area contributed by atoms with E-state index in [9.17, 15) is 0 Å². The first-order valence-electron chi connectivity index (χ1n) is 5.49. The summed E-state index contributed by atoms with van der Waals surface area (Å²) in [5.74, 6) is 1.29. The summed E-state index contributed by atoms with van der Waals surface area (Å²) in [6.07, 6.45) is 4.39. The standard InChI is InChI=1S/C12H15N3OS/c1-3-10-4-5-11(17-10)8-15-12-13-6-9(16-2)7-14-12/h4-7H,3,8H2,1-2H3,(H,13,14,15). The van der Waals surface area contributed by atoms with E-state index in [1.807, 2.05) is 11.3 Å². The van der Waals surface area contributed by atoms with Gasteiger partial charge in [0.1, 0.15) is 0 Å². The first kappa shape index (κ1) is 11.9. The van der Waals surface area contributed by atoms with Crippen molar-refractivity contribution in [1.29, 1.82) is 0 Å². The van der Waals surface area contributed by atoms with Gasteiger partial charge in [-0.2, -0.15) is 0 Å². The van der Waals surface area contributed by atoms with Crippen molar-refractivity contribution < 1.29 is 4.74 Å². The zero-order valence-electron chi connectivity index (χ0n) is 9.93. The third kappa shape index (κ3) is 3.17. The molecular weight excluding hydrogens is 234 g/mol. The van der Waals surface area contributed by atoms with Crippen molar-refractivity contribution >= 4 is 17.3 Å². The average Bonchev–Trinajstić information content (AvgIpc) is 2.85. The number of nitrogens with one attached hydrogen (secondary N) is 1. The summed E-state index contributed by atoms with van der Waals surface area (Å²) in [7, 11) is 1.60. The van der Waals surface area contributed by atoms with E-state index in [4.69, 9.17) is 4.74 Å². The molecule has 2 aromatic heterocycles. The molecule has 2 aromatic rings. The molecule has 90 valence electrons. The summed E-state index contributed by atoms with van der Waals surface area (Å²) in [5, 5.41) is 3.18. The topological polar surface area (TPSA) is 47.0 Å². The fraction of sp³-hybridized carbons (Fsp3) is 0.333. The molecule has 2 heterocycles.